The predicted molar refractivity (Wildman–Crippen MR) is 112 cm³/mol. The molecule has 0 spiro atoms. The highest BCUT2D eigenvalue weighted by Crippen LogP contribution is 2.36. The molecule has 0 aromatic rings. The molecule has 6 unspecified atom stereocenters. The first-order valence-corrected chi connectivity index (χ1v) is 12.5. The van der Waals surface area contributed by atoms with Gasteiger partial charge in [-0.05, 0) is 57.3 Å². The molecule has 5 rings (SSSR count). The lowest BCUT2D eigenvalue weighted by Gasteiger charge is -2.35. The Bertz CT molecular complexity index is 565. The number of fused-ring (bicyclic) bond motifs is 2. The summed E-state index contributed by atoms with van der Waals surface area (Å²) < 4.78 is 0. The third kappa shape index (κ3) is 4.10. The van der Waals surface area contributed by atoms with Gasteiger partial charge in [0.25, 0.3) is 0 Å². The number of aliphatic hydroxyl groups is 1. The van der Waals surface area contributed by atoms with Gasteiger partial charge in [-0.3, -0.25) is 15.4 Å². The summed E-state index contributed by atoms with van der Waals surface area (Å²) in [5.41, 5.74) is 0.257. The Morgan fingerprint density at radius 2 is 1.89 bits per heavy atom. The molecule has 0 radical (unpaired) electrons. The van der Waals surface area contributed by atoms with Crippen LogP contribution in [0.3, 0.4) is 0 Å². The normalized spacial score (nSPS) is 46.2. The summed E-state index contributed by atoms with van der Waals surface area (Å²) in [4.78, 5) is 15.3. The van der Waals surface area contributed by atoms with E-state index in [0.29, 0.717) is 29.3 Å². The van der Waals surface area contributed by atoms with Gasteiger partial charge in [-0.15, -0.1) is 11.8 Å². The van der Waals surface area contributed by atoms with Crippen molar-refractivity contribution in [1.82, 2.24) is 20.9 Å². The highest BCUT2D eigenvalue weighted by atomic mass is 32.2. The molecule has 0 aromatic carbocycles. The molecule has 0 aromatic heterocycles. The average Bonchev–Trinajstić information content (AvgIpc) is 3.30. The van der Waals surface area contributed by atoms with Crippen LogP contribution in [-0.4, -0.2) is 70.0 Å². The van der Waals surface area contributed by atoms with Crippen LogP contribution in [0.2, 0.25) is 0 Å². The van der Waals surface area contributed by atoms with Crippen LogP contribution in [0.5, 0.6) is 0 Å². The number of aliphatic hydroxyl groups excluding tert-OH is 1. The molecule has 6 nitrogen and oxygen atoms in total. The summed E-state index contributed by atoms with van der Waals surface area (Å²) >= 11 is 1.96. The molecule has 158 valence electrons. The van der Waals surface area contributed by atoms with Gasteiger partial charge >= 0.3 is 0 Å². The molecule has 0 bridgehead atoms. The number of piperidine rings is 1. The predicted octanol–water partition coefficient (Wildman–Crippen LogP) is 1.39. The largest absolute Gasteiger partial charge is 0.393 e. The van der Waals surface area contributed by atoms with Crippen LogP contribution in [0.1, 0.15) is 64.2 Å². The van der Waals surface area contributed by atoms with Crippen molar-refractivity contribution in [2.45, 2.75) is 105 Å². The van der Waals surface area contributed by atoms with E-state index in [9.17, 15) is 9.90 Å². The van der Waals surface area contributed by atoms with E-state index in [2.05, 4.69) is 20.9 Å². The number of carbonyl (C=O) groups excluding carboxylic acids is 1. The minimum absolute atomic E-state index is 0.0571. The van der Waals surface area contributed by atoms with Crippen molar-refractivity contribution in [1.29, 1.82) is 0 Å². The first-order chi connectivity index (χ1) is 13.7. The van der Waals surface area contributed by atoms with Gasteiger partial charge in [0, 0.05) is 36.5 Å². The van der Waals surface area contributed by atoms with Gasteiger partial charge in [0.2, 0.25) is 5.91 Å². The molecule has 2 aliphatic carbocycles. The summed E-state index contributed by atoms with van der Waals surface area (Å²) in [5.74, 6) is 1.07. The van der Waals surface area contributed by atoms with Gasteiger partial charge in [-0.2, -0.15) is 0 Å². The molecule has 5 aliphatic rings. The second kappa shape index (κ2) is 8.42. The molecule has 4 N–H and O–H groups in total. The molecule has 8 atom stereocenters. The fraction of sp³-hybridized carbons (Fsp3) is 0.952. The Morgan fingerprint density at radius 3 is 2.75 bits per heavy atom. The smallest absolute Gasteiger partial charge is 0.239 e. The Morgan fingerprint density at radius 1 is 1.00 bits per heavy atom. The molecule has 5 fully saturated rings. The standard InChI is InChI=1S/C21H36N4O2S/c26-15-6-3-5-14(11-15)22-21-24-17-8-9-25(12-19(17)28-21)20(27)18-10-13-4-1-2-7-16(13)23-18/h13-19,21-24,26H,1-12H2/t13?,14-,15+,16?,17?,18?,19?,21?/m0/s1. The number of likely N-dealkylation sites (tertiary alicyclic amines) is 1. The maximum absolute atomic E-state index is 13.2. The van der Waals surface area contributed by atoms with Crippen LogP contribution in [0, 0.1) is 5.92 Å². The highest BCUT2D eigenvalue weighted by molar-refractivity contribution is 8.00. The van der Waals surface area contributed by atoms with Crippen LogP contribution in [0.25, 0.3) is 0 Å². The number of carbonyl (C=O) groups is 1. The van der Waals surface area contributed by atoms with Crippen LogP contribution in [-0.2, 0) is 4.79 Å². The third-order valence-corrected chi connectivity index (χ3v) is 9.11. The van der Waals surface area contributed by atoms with E-state index in [1.54, 1.807) is 0 Å². The minimum Gasteiger partial charge on any atom is -0.393 e. The van der Waals surface area contributed by atoms with Crippen LogP contribution < -0.4 is 16.0 Å². The first-order valence-electron chi connectivity index (χ1n) is 11.6. The number of thioether (sulfide) groups is 1. The zero-order valence-electron chi connectivity index (χ0n) is 16.8. The van der Waals surface area contributed by atoms with Gasteiger partial charge < -0.3 is 15.3 Å². The number of nitrogens with zero attached hydrogens (tertiary/aromatic N) is 1. The van der Waals surface area contributed by atoms with Crippen molar-refractivity contribution in [3.05, 3.63) is 0 Å². The molecule has 3 saturated heterocycles. The fourth-order valence-corrected chi connectivity index (χ4v) is 7.75. The molecular formula is C21H36N4O2S. The molecule has 3 heterocycles. The summed E-state index contributed by atoms with van der Waals surface area (Å²) in [6, 6.07) is 1.56. The maximum Gasteiger partial charge on any atom is 0.239 e. The van der Waals surface area contributed by atoms with E-state index in [0.717, 1.165) is 57.5 Å². The topological polar surface area (TPSA) is 76.6 Å². The van der Waals surface area contributed by atoms with E-state index in [1.807, 2.05) is 11.8 Å². The molecule has 3 aliphatic heterocycles. The van der Waals surface area contributed by atoms with Crippen LogP contribution in [0.15, 0.2) is 0 Å². The Labute approximate surface area is 172 Å². The van der Waals surface area contributed by atoms with Gasteiger partial charge in [0.15, 0.2) is 0 Å². The molecule has 1 amide bonds. The first kappa shape index (κ1) is 19.6. The third-order valence-electron chi connectivity index (χ3n) is 7.74. The van der Waals surface area contributed by atoms with Gasteiger partial charge in [-0.1, -0.05) is 12.8 Å². The summed E-state index contributed by atoms with van der Waals surface area (Å²) in [6.07, 6.45) is 11.3. The number of hydrogen-bond donors (Lipinski definition) is 4. The monoisotopic (exact) mass is 408 g/mol. The lowest BCUT2D eigenvalue weighted by molar-refractivity contribution is -0.134. The highest BCUT2D eigenvalue weighted by Gasteiger charge is 2.44. The van der Waals surface area contributed by atoms with Crippen molar-refractivity contribution in [3.63, 3.8) is 0 Å². The number of hydrogen-bond acceptors (Lipinski definition) is 6. The summed E-state index contributed by atoms with van der Waals surface area (Å²) in [7, 11) is 0. The average molecular weight is 409 g/mol. The van der Waals surface area contributed by atoms with Gasteiger partial charge in [0.05, 0.1) is 12.1 Å². The van der Waals surface area contributed by atoms with Crippen molar-refractivity contribution >= 4 is 17.7 Å². The number of amides is 1. The number of nitrogens with one attached hydrogen (secondary N) is 3. The van der Waals surface area contributed by atoms with E-state index in [-0.39, 0.29) is 17.6 Å². The van der Waals surface area contributed by atoms with Crippen molar-refractivity contribution in [2.75, 3.05) is 13.1 Å². The van der Waals surface area contributed by atoms with Gasteiger partial charge in [0.1, 0.15) is 5.50 Å². The van der Waals surface area contributed by atoms with E-state index in [4.69, 9.17) is 0 Å². The Balaban J connectivity index is 1.13. The van der Waals surface area contributed by atoms with Crippen molar-refractivity contribution < 1.29 is 9.90 Å². The van der Waals surface area contributed by atoms with Crippen molar-refractivity contribution in [3.8, 4) is 0 Å². The minimum atomic E-state index is -0.143. The van der Waals surface area contributed by atoms with E-state index < -0.39 is 0 Å². The summed E-state index contributed by atoms with van der Waals surface area (Å²) in [5, 5.41) is 21.5. The second-order valence-electron chi connectivity index (χ2n) is 9.69. The lowest BCUT2D eigenvalue weighted by Crippen LogP contribution is -2.54. The van der Waals surface area contributed by atoms with Crippen LogP contribution >= 0.6 is 11.8 Å². The number of rotatable bonds is 3. The Kier molecular flexibility index (Phi) is 5.90. The zero-order valence-corrected chi connectivity index (χ0v) is 17.6. The van der Waals surface area contributed by atoms with Crippen molar-refractivity contribution in [2.24, 2.45) is 5.92 Å². The summed E-state index contributed by atoms with van der Waals surface area (Å²) in [6.45, 7) is 1.76. The van der Waals surface area contributed by atoms with Crippen LogP contribution in [0.4, 0.5) is 0 Å². The lowest BCUT2D eigenvalue weighted by atomic mass is 9.85. The van der Waals surface area contributed by atoms with E-state index >= 15 is 0 Å². The molecular weight excluding hydrogens is 372 g/mol. The zero-order chi connectivity index (χ0) is 19.1. The van der Waals surface area contributed by atoms with Gasteiger partial charge in [-0.25, -0.2) is 0 Å². The molecule has 2 saturated carbocycles. The maximum atomic E-state index is 13.2. The van der Waals surface area contributed by atoms with E-state index in [1.165, 1.54) is 25.7 Å². The SMILES string of the molecule is O=C(C1CC2CCCCC2N1)N1CCC2NC(N[C@H]3CCC[C@@H](O)C3)SC2C1. The molecule has 7 heteroatoms. The quantitative estimate of drug-likeness (QED) is 0.565. The molecule has 28 heavy (non-hydrogen) atoms. The fourth-order valence-electron chi connectivity index (χ4n) is 6.20. The Hall–Kier alpha value is -0.340. The second-order valence-corrected chi connectivity index (χ2v) is 11.0.